The van der Waals surface area contributed by atoms with Crippen molar-refractivity contribution in [2.45, 2.75) is 31.0 Å². The van der Waals surface area contributed by atoms with E-state index in [0.717, 1.165) is 49.1 Å². The summed E-state index contributed by atoms with van der Waals surface area (Å²) >= 11 is 0. The molecule has 202 valence electrons. The molecule has 0 bridgehead atoms. The van der Waals surface area contributed by atoms with Crippen molar-refractivity contribution in [2.24, 2.45) is 0 Å². The second-order valence-electron chi connectivity index (χ2n) is 8.30. The number of benzene rings is 2. The minimum atomic E-state index is -5.08. The molecule has 1 fully saturated rings. The van der Waals surface area contributed by atoms with Gasteiger partial charge in [-0.3, -0.25) is 4.90 Å². The lowest BCUT2D eigenvalue weighted by Crippen LogP contribution is -2.27. The van der Waals surface area contributed by atoms with Crippen LogP contribution in [0.4, 0.5) is 13.2 Å². The maximum absolute atomic E-state index is 13.1. The number of nitrogens with zero attached hydrogens (tertiary/aromatic N) is 1. The molecule has 9 nitrogen and oxygen atoms in total. The van der Waals surface area contributed by atoms with E-state index in [1.54, 1.807) is 36.6 Å². The molecule has 2 N–H and O–H groups in total. The van der Waals surface area contributed by atoms with E-state index in [0.29, 0.717) is 17.9 Å². The molecule has 4 rings (SSSR count). The lowest BCUT2D eigenvalue weighted by Gasteiger charge is -2.20. The standard InChI is InChI=1S/C22H26N2O5S.C2HF3O2/c1-16-4-5-20(27-2)21(12-16)29-30(25,26)19-13-17-6-11-28-22(17)18(14-19)15-24-9-3-7-23-8-10-24;3-2(4,5)1(6)7/h4-6,11-14,23H,3,7-10,15H2,1-2H3;(H,6,7). The molecule has 2 aromatic carbocycles. The summed E-state index contributed by atoms with van der Waals surface area (Å²) in [6.07, 6.45) is -2.45. The SMILES string of the molecule is COc1ccc(C)cc1OS(=O)(=O)c1cc(CN2CCCNCC2)c2occc2c1.O=C(O)C(F)(F)F. The summed E-state index contributed by atoms with van der Waals surface area (Å²) in [5, 5.41) is 11.2. The van der Waals surface area contributed by atoms with Crippen molar-refractivity contribution in [1.29, 1.82) is 0 Å². The van der Waals surface area contributed by atoms with Gasteiger partial charge in [-0.05, 0) is 62.3 Å². The van der Waals surface area contributed by atoms with Gasteiger partial charge >= 0.3 is 22.3 Å². The first kappa shape index (κ1) is 28.3. The molecule has 0 aliphatic carbocycles. The number of hydrogen-bond donors (Lipinski definition) is 2. The number of carboxylic acids is 1. The Kier molecular flexibility index (Phi) is 9.05. The van der Waals surface area contributed by atoms with Gasteiger partial charge < -0.3 is 23.8 Å². The van der Waals surface area contributed by atoms with Gasteiger partial charge in [-0.15, -0.1) is 0 Å². The van der Waals surface area contributed by atoms with Gasteiger partial charge in [0.15, 0.2) is 11.5 Å². The molecule has 2 heterocycles. The molecule has 0 spiro atoms. The van der Waals surface area contributed by atoms with E-state index in [4.69, 9.17) is 23.2 Å². The van der Waals surface area contributed by atoms with Crippen LogP contribution in [-0.4, -0.2) is 63.9 Å². The van der Waals surface area contributed by atoms with Gasteiger partial charge in [-0.1, -0.05) is 6.07 Å². The van der Waals surface area contributed by atoms with Crippen LogP contribution >= 0.6 is 0 Å². The Bertz CT molecular complexity index is 1330. The first-order valence-electron chi connectivity index (χ1n) is 11.2. The number of ether oxygens (including phenoxy) is 1. The predicted octanol–water partition coefficient (Wildman–Crippen LogP) is 3.95. The first-order valence-corrected chi connectivity index (χ1v) is 12.6. The van der Waals surface area contributed by atoms with Gasteiger partial charge in [0.2, 0.25) is 0 Å². The van der Waals surface area contributed by atoms with Crippen LogP contribution in [-0.2, 0) is 21.5 Å². The number of furan rings is 1. The van der Waals surface area contributed by atoms with Crippen LogP contribution in [0.2, 0.25) is 0 Å². The number of carboxylic acid groups (broad SMARTS) is 1. The van der Waals surface area contributed by atoms with Crippen LogP contribution in [0.25, 0.3) is 11.0 Å². The summed E-state index contributed by atoms with van der Waals surface area (Å²) in [5.74, 6) is -2.22. The molecule has 1 aliphatic heterocycles. The monoisotopic (exact) mass is 544 g/mol. The zero-order valence-electron chi connectivity index (χ0n) is 20.2. The third kappa shape index (κ3) is 7.60. The van der Waals surface area contributed by atoms with Crippen LogP contribution in [0.5, 0.6) is 11.5 Å². The van der Waals surface area contributed by atoms with Gasteiger partial charge in [0.25, 0.3) is 0 Å². The quantitative estimate of drug-likeness (QED) is 0.445. The van der Waals surface area contributed by atoms with E-state index in [1.165, 1.54) is 7.11 Å². The molecule has 37 heavy (non-hydrogen) atoms. The average Bonchev–Trinajstić information content (AvgIpc) is 3.15. The molecule has 1 saturated heterocycles. The molecule has 0 saturated carbocycles. The van der Waals surface area contributed by atoms with Crippen molar-refractivity contribution in [3.8, 4) is 11.5 Å². The number of aryl methyl sites for hydroxylation is 1. The highest BCUT2D eigenvalue weighted by Crippen LogP contribution is 2.32. The third-order valence-electron chi connectivity index (χ3n) is 5.48. The molecule has 0 radical (unpaired) electrons. The second-order valence-corrected chi connectivity index (χ2v) is 9.84. The second kappa shape index (κ2) is 11.8. The zero-order chi connectivity index (χ0) is 27.2. The fraction of sp³-hybridized carbons (Fsp3) is 0.375. The highest BCUT2D eigenvalue weighted by atomic mass is 32.2. The van der Waals surface area contributed by atoms with Gasteiger partial charge in [0, 0.05) is 30.6 Å². The maximum Gasteiger partial charge on any atom is 0.490 e. The molecule has 3 aromatic rings. The number of carbonyl (C=O) groups is 1. The Labute approximate surface area is 211 Å². The number of aliphatic carboxylic acids is 1. The largest absolute Gasteiger partial charge is 0.493 e. The van der Waals surface area contributed by atoms with Crippen LogP contribution in [0.1, 0.15) is 17.5 Å². The molecule has 0 atom stereocenters. The molecule has 1 aliphatic rings. The van der Waals surface area contributed by atoms with Crippen LogP contribution in [0.3, 0.4) is 0 Å². The molecule has 13 heteroatoms. The number of fused-ring (bicyclic) bond motifs is 1. The Morgan fingerprint density at radius 1 is 1.14 bits per heavy atom. The van der Waals surface area contributed by atoms with Gasteiger partial charge in [-0.2, -0.15) is 21.6 Å². The Morgan fingerprint density at radius 2 is 1.86 bits per heavy atom. The first-order chi connectivity index (χ1) is 17.4. The summed E-state index contributed by atoms with van der Waals surface area (Å²) in [6, 6.07) is 10.2. The van der Waals surface area contributed by atoms with Crippen molar-refractivity contribution in [3.63, 3.8) is 0 Å². The minimum Gasteiger partial charge on any atom is -0.493 e. The highest BCUT2D eigenvalue weighted by molar-refractivity contribution is 7.87. The summed E-state index contributed by atoms with van der Waals surface area (Å²) in [7, 11) is -2.57. The lowest BCUT2D eigenvalue weighted by molar-refractivity contribution is -0.192. The van der Waals surface area contributed by atoms with Gasteiger partial charge in [0.05, 0.1) is 13.4 Å². The topological polar surface area (TPSA) is 118 Å². The fourth-order valence-corrected chi connectivity index (χ4v) is 4.72. The lowest BCUT2D eigenvalue weighted by atomic mass is 10.1. The van der Waals surface area contributed by atoms with E-state index in [-0.39, 0.29) is 10.6 Å². The number of rotatable bonds is 6. The normalized spacial score (nSPS) is 14.9. The summed E-state index contributed by atoms with van der Waals surface area (Å²) in [6.45, 7) is 6.23. The van der Waals surface area contributed by atoms with E-state index < -0.39 is 22.3 Å². The zero-order valence-corrected chi connectivity index (χ0v) is 21.0. The molecule has 1 aromatic heterocycles. The molecular weight excluding hydrogens is 517 g/mol. The van der Waals surface area contributed by atoms with Crippen LogP contribution in [0, 0.1) is 6.92 Å². The number of nitrogens with one attached hydrogen (secondary N) is 1. The number of hydrogen-bond acceptors (Lipinski definition) is 8. The predicted molar refractivity (Wildman–Crippen MR) is 128 cm³/mol. The number of halogens is 3. The van der Waals surface area contributed by atoms with Crippen molar-refractivity contribution in [1.82, 2.24) is 10.2 Å². The van der Waals surface area contributed by atoms with Crippen molar-refractivity contribution < 1.29 is 44.8 Å². The van der Waals surface area contributed by atoms with E-state index in [9.17, 15) is 21.6 Å². The van der Waals surface area contributed by atoms with Crippen LogP contribution < -0.4 is 14.2 Å². The maximum atomic E-state index is 13.1. The smallest absolute Gasteiger partial charge is 0.490 e. The van der Waals surface area contributed by atoms with E-state index in [1.807, 2.05) is 13.0 Å². The Morgan fingerprint density at radius 3 is 2.54 bits per heavy atom. The summed E-state index contributed by atoms with van der Waals surface area (Å²) in [5.41, 5.74) is 2.42. The molecular formula is C24H27F3N2O7S. The van der Waals surface area contributed by atoms with E-state index >= 15 is 0 Å². The fourth-order valence-electron chi connectivity index (χ4n) is 3.70. The molecule has 0 unspecified atom stereocenters. The highest BCUT2D eigenvalue weighted by Gasteiger charge is 2.38. The minimum absolute atomic E-state index is 0.0999. The van der Waals surface area contributed by atoms with Gasteiger partial charge in [-0.25, -0.2) is 4.79 Å². The summed E-state index contributed by atoms with van der Waals surface area (Å²) in [4.78, 5) is 11.3. The van der Waals surface area contributed by atoms with Crippen molar-refractivity contribution in [2.75, 3.05) is 33.3 Å². The third-order valence-corrected chi connectivity index (χ3v) is 6.69. The summed E-state index contributed by atoms with van der Waals surface area (Å²) < 4.78 is 74.4. The number of methoxy groups -OCH3 is 1. The Balaban J connectivity index is 0.000000479. The van der Waals surface area contributed by atoms with Crippen molar-refractivity contribution >= 4 is 27.1 Å². The van der Waals surface area contributed by atoms with E-state index in [2.05, 4.69) is 10.2 Å². The number of alkyl halides is 3. The average molecular weight is 545 g/mol. The molecule has 0 amide bonds. The van der Waals surface area contributed by atoms with Crippen molar-refractivity contribution in [3.05, 3.63) is 53.8 Å². The Hall–Kier alpha value is -3.29. The van der Waals surface area contributed by atoms with Gasteiger partial charge in [0.1, 0.15) is 10.5 Å². The van der Waals surface area contributed by atoms with Crippen LogP contribution in [0.15, 0.2) is 52.0 Å².